The van der Waals surface area contributed by atoms with E-state index < -0.39 is 5.60 Å². The average Bonchev–Trinajstić information content (AvgIpc) is 3.29. The van der Waals surface area contributed by atoms with E-state index in [1.165, 1.54) is 0 Å². The lowest BCUT2D eigenvalue weighted by Crippen LogP contribution is -2.36. The molecule has 28 heavy (non-hydrogen) atoms. The van der Waals surface area contributed by atoms with E-state index in [4.69, 9.17) is 4.74 Å². The van der Waals surface area contributed by atoms with E-state index in [1.54, 1.807) is 17.0 Å². The topological polar surface area (TPSA) is 78.4 Å². The second-order valence-corrected chi connectivity index (χ2v) is 8.26. The van der Waals surface area contributed by atoms with Gasteiger partial charge in [0.2, 0.25) is 0 Å². The normalized spacial score (nSPS) is 17.2. The number of imidazole rings is 1. The van der Waals surface area contributed by atoms with Crippen molar-refractivity contribution in [1.29, 1.82) is 0 Å². The fourth-order valence-corrected chi connectivity index (χ4v) is 3.64. The zero-order valence-corrected chi connectivity index (χ0v) is 16.4. The highest BCUT2D eigenvalue weighted by Crippen LogP contribution is 2.33. The third kappa shape index (κ3) is 3.67. The van der Waals surface area contributed by atoms with Crippen molar-refractivity contribution in [2.75, 3.05) is 6.54 Å². The van der Waals surface area contributed by atoms with Gasteiger partial charge >= 0.3 is 6.09 Å². The molecule has 0 unspecified atom stereocenters. The predicted octanol–water partition coefficient (Wildman–Crippen LogP) is 5.01. The number of carbonyl (C=O) groups is 1. The van der Waals surface area contributed by atoms with Crippen LogP contribution in [0.25, 0.3) is 22.0 Å². The van der Waals surface area contributed by atoms with Crippen molar-refractivity contribution in [2.24, 2.45) is 0 Å². The monoisotopic (exact) mass is 379 g/mol. The number of hydrogen-bond acceptors (Lipinski definition) is 4. The number of aromatic nitrogens is 2. The molecule has 0 saturated carbocycles. The highest BCUT2D eigenvalue weighted by molar-refractivity contribution is 5.87. The summed E-state index contributed by atoms with van der Waals surface area (Å²) < 4.78 is 5.55. The van der Waals surface area contributed by atoms with E-state index in [2.05, 4.69) is 16.0 Å². The summed E-state index contributed by atoms with van der Waals surface area (Å²) in [5, 5.41) is 11.6. The quantitative estimate of drug-likeness (QED) is 0.656. The molecule has 1 amide bonds. The molecule has 1 saturated heterocycles. The molecule has 4 rings (SSSR count). The lowest BCUT2D eigenvalue weighted by Gasteiger charge is -2.27. The largest absolute Gasteiger partial charge is 0.508 e. The number of aromatic hydroxyl groups is 1. The number of likely N-dealkylation sites (tertiary alicyclic amines) is 1. The number of rotatable bonds is 2. The van der Waals surface area contributed by atoms with E-state index in [0.717, 1.165) is 40.7 Å². The molecule has 0 bridgehead atoms. The van der Waals surface area contributed by atoms with Crippen LogP contribution >= 0.6 is 0 Å². The molecule has 0 radical (unpaired) electrons. The van der Waals surface area contributed by atoms with Crippen LogP contribution in [0.4, 0.5) is 4.79 Å². The van der Waals surface area contributed by atoms with Crippen molar-refractivity contribution in [3.8, 4) is 17.0 Å². The standard InChI is InChI=1S/C22H25N3O3/c1-22(2,3)28-21(27)25-10-4-5-19(25)20-23-13-18(24-20)16-7-6-15-12-17(26)9-8-14(15)11-16/h6-9,11-13,19,26H,4-5,10H2,1-3H3,(H,23,24)/t19-/m0/s1. The van der Waals surface area contributed by atoms with Crippen molar-refractivity contribution in [2.45, 2.75) is 45.3 Å². The van der Waals surface area contributed by atoms with Crippen LogP contribution in [0.1, 0.15) is 45.5 Å². The van der Waals surface area contributed by atoms with Gasteiger partial charge in [-0.3, -0.25) is 4.90 Å². The SMILES string of the molecule is CC(C)(C)OC(=O)N1CCC[C@H]1c1ncc(-c2ccc3cc(O)ccc3c2)[nH]1. The molecule has 1 aliphatic rings. The van der Waals surface area contributed by atoms with Gasteiger partial charge in [0, 0.05) is 12.1 Å². The highest BCUT2D eigenvalue weighted by Gasteiger charge is 2.34. The van der Waals surface area contributed by atoms with Gasteiger partial charge in [0.15, 0.2) is 0 Å². The smallest absolute Gasteiger partial charge is 0.410 e. The Morgan fingerprint density at radius 3 is 2.75 bits per heavy atom. The Hall–Kier alpha value is -3.02. The zero-order valence-electron chi connectivity index (χ0n) is 16.4. The van der Waals surface area contributed by atoms with Gasteiger partial charge in [-0.25, -0.2) is 9.78 Å². The highest BCUT2D eigenvalue weighted by atomic mass is 16.6. The van der Waals surface area contributed by atoms with E-state index in [0.29, 0.717) is 6.54 Å². The van der Waals surface area contributed by atoms with E-state index in [9.17, 15) is 9.90 Å². The third-order valence-electron chi connectivity index (χ3n) is 4.93. The number of H-pyrrole nitrogens is 1. The van der Waals surface area contributed by atoms with Gasteiger partial charge in [0.25, 0.3) is 0 Å². The minimum Gasteiger partial charge on any atom is -0.508 e. The minimum absolute atomic E-state index is 0.0963. The number of benzene rings is 2. The summed E-state index contributed by atoms with van der Waals surface area (Å²) in [6.45, 7) is 6.30. The van der Waals surface area contributed by atoms with E-state index in [-0.39, 0.29) is 17.9 Å². The van der Waals surface area contributed by atoms with Crippen molar-refractivity contribution >= 4 is 16.9 Å². The maximum Gasteiger partial charge on any atom is 0.410 e. The van der Waals surface area contributed by atoms with Crippen molar-refractivity contribution < 1.29 is 14.6 Å². The van der Waals surface area contributed by atoms with Gasteiger partial charge in [0.05, 0.1) is 17.9 Å². The number of fused-ring (bicyclic) bond motifs is 1. The number of hydrogen-bond donors (Lipinski definition) is 2. The lowest BCUT2D eigenvalue weighted by molar-refractivity contribution is 0.0218. The number of carbonyl (C=O) groups excluding carboxylic acids is 1. The Morgan fingerprint density at radius 1 is 1.21 bits per heavy atom. The Morgan fingerprint density at radius 2 is 1.96 bits per heavy atom. The molecule has 1 atom stereocenters. The second-order valence-electron chi connectivity index (χ2n) is 8.26. The number of nitrogens with zero attached hydrogens (tertiary/aromatic N) is 2. The van der Waals surface area contributed by atoms with Gasteiger partial charge in [-0.2, -0.15) is 0 Å². The summed E-state index contributed by atoms with van der Waals surface area (Å²) in [5.74, 6) is 1.04. The molecule has 2 N–H and O–H groups in total. The number of phenolic OH excluding ortho intramolecular Hbond substituents is 1. The molecule has 6 heteroatoms. The molecule has 1 aliphatic heterocycles. The van der Waals surface area contributed by atoms with Crippen LogP contribution in [0.15, 0.2) is 42.6 Å². The molecule has 0 aliphatic carbocycles. The van der Waals surface area contributed by atoms with Crippen LogP contribution in [0, 0.1) is 0 Å². The first kappa shape index (κ1) is 18.3. The molecule has 3 aromatic rings. The van der Waals surface area contributed by atoms with Crippen molar-refractivity contribution in [1.82, 2.24) is 14.9 Å². The number of ether oxygens (including phenoxy) is 1. The maximum atomic E-state index is 12.5. The summed E-state index contributed by atoms with van der Waals surface area (Å²) in [6, 6.07) is 11.3. The summed E-state index contributed by atoms with van der Waals surface area (Å²) in [6.07, 6.45) is 3.31. The Labute approximate surface area is 164 Å². The predicted molar refractivity (Wildman–Crippen MR) is 108 cm³/mol. The van der Waals surface area contributed by atoms with Crippen LogP contribution in [-0.2, 0) is 4.74 Å². The summed E-state index contributed by atoms with van der Waals surface area (Å²) in [7, 11) is 0. The number of nitrogens with one attached hydrogen (secondary N) is 1. The number of amides is 1. The minimum atomic E-state index is -0.516. The van der Waals surface area contributed by atoms with Crippen LogP contribution in [0.5, 0.6) is 5.75 Å². The van der Waals surface area contributed by atoms with E-state index >= 15 is 0 Å². The third-order valence-corrected chi connectivity index (χ3v) is 4.93. The molecule has 0 spiro atoms. The molecule has 2 heterocycles. The molecule has 6 nitrogen and oxygen atoms in total. The average molecular weight is 379 g/mol. The van der Waals surface area contributed by atoms with Crippen LogP contribution in [0.2, 0.25) is 0 Å². The van der Waals surface area contributed by atoms with Gasteiger partial charge in [-0.05, 0) is 62.6 Å². The molecular weight excluding hydrogens is 354 g/mol. The molecule has 1 aromatic heterocycles. The van der Waals surface area contributed by atoms with Gasteiger partial charge in [0.1, 0.15) is 17.2 Å². The summed E-state index contributed by atoms with van der Waals surface area (Å²) >= 11 is 0. The summed E-state index contributed by atoms with van der Waals surface area (Å²) in [4.78, 5) is 22.2. The Bertz CT molecular complexity index is 1020. The van der Waals surface area contributed by atoms with Crippen molar-refractivity contribution in [3.63, 3.8) is 0 Å². The first-order valence-corrected chi connectivity index (χ1v) is 9.58. The van der Waals surface area contributed by atoms with Gasteiger partial charge in [-0.1, -0.05) is 18.2 Å². The van der Waals surface area contributed by atoms with Crippen LogP contribution < -0.4 is 0 Å². The Balaban J connectivity index is 1.58. The zero-order chi connectivity index (χ0) is 19.9. The van der Waals surface area contributed by atoms with Gasteiger partial charge in [-0.15, -0.1) is 0 Å². The summed E-state index contributed by atoms with van der Waals surface area (Å²) in [5.41, 5.74) is 1.40. The first-order valence-electron chi connectivity index (χ1n) is 9.58. The molecule has 2 aromatic carbocycles. The number of phenols is 1. The fraction of sp³-hybridized carbons (Fsp3) is 0.364. The molecular formula is C22H25N3O3. The van der Waals surface area contributed by atoms with Crippen LogP contribution in [-0.4, -0.2) is 38.2 Å². The molecule has 146 valence electrons. The second kappa shape index (κ2) is 6.86. The lowest BCUT2D eigenvalue weighted by atomic mass is 10.1. The first-order chi connectivity index (χ1) is 13.3. The maximum absolute atomic E-state index is 12.5. The molecule has 1 fully saturated rings. The van der Waals surface area contributed by atoms with Gasteiger partial charge < -0.3 is 14.8 Å². The number of aromatic amines is 1. The fourth-order valence-electron chi connectivity index (χ4n) is 3.64. The van der Waals surface area contributed by atoms with Crippen LogP contribution in [0.3, 0.4) is 0 Å². The Kier molecular flexibility index (Phi) is 4.49. The van der Waals surface area contributed by atoms with E-state index in [1.807, 2.05) is 45.2 Å². The van der Waals surface area contributed by atoms with Crippen molar-refractivity contribution in [3.05, 3.63) is 48.4 Å².